The van der Waals surface area contributed by atoms with Crippen molar-refractivity contribution in [3.05, 3.63) is 54.1 Å². The molecular formula is C24H34N4. The normalized spacial score (nSPS) is 11.7. The van der Waals surface area contributed by atoms with Crippen LogP contribution >= 0.6 is 0 Å². The first kappa shape index (κ1) is 21.7. The maximum absolute atomic E-state index is 4.59. The highest BCUT2D eigenvalue weighted by molar-refractivity contribution is 5.87. The smallest absolute Gasteiger partial charge is 0.123 e. The van der Waals surface area contributed by atoms with Crippen LogP contribution in [-0.2, 0) is 12.1 Å². The Bertz CT molecular complexity index is 893. The quantitative estimate of drug-likeness (QED) is 0.537. The maximum Gasteiger partial charge on any atom is 0.123 e. The molecule has 0 saturated carbocycles. The van der Waals surface area contributed by atoms with Crippen molar-refractivity contribution in [1.82, 2.24) is 15.0 Å². The molecule has 4 rings (SSSR count). The Hall–Kier alpha value is -2.62. The summed E-state index contributed by atoms with van der Waals surface area (Å²) in [6, 6.07) is 16.9. The molecule has 0 spiro atoms. The number of anilines is 1. The fourth-order valence-corrected chi connectivity index (χ4v) is 3.22. The maximum atomic E-state index is 4.59. The van der Waals surface area contributed by atoms with Crippen molar-refractivity contribution in [2.24, 2.45) is 0 Å². The van der Waals surface area contributed by atoms with Gasteiger partial charge in [0.25, 0.3) is 0 Å². The van der Waals surface area contributed by atoms with Gasteiger partial charge in [0.15, 0.2) is 0 Å². The molecule has 0 amide bonds. The predicted molar refractivity (Wildman–Crippen MR) is 121 cm³/mol. The molecule has 1 aliphatic rings. The van der Waals surface area contributed by atoms with Gasteiger partial charge >= 0.3 is 0 Å². The van der Waals surface area contributed by atoms with Crippen molar-refractivity contribution in [1.29, 1.82) is 0 Å². The van der Waals surface area contributed by atoms with E-state index in [1.54, 1.807) is 0 Å². The summed E-state index contributed by atoms with van der Waals surface area (Å²) in [5.74, 6) is 0. The van der Waals surface area contributed by atoms with Crippen molar-refractivity contribution in [2.45, 2.75) is 67.0 Å². The monoisotopic (exact) mass is 378 g/mol. The van der Waals surface area contributed by atoms with E-state index in [0.717, 1.165) is 35.6 Å². The summed E-state index contributed by atoms with van der Waals surface area (Å²) in [5.41, 5.74) is 6.67. The van der Waals surface area contributed by atoms with Gasteiger partial charge in [-0.1, -0.05) is 82.3 Å². The van der Waals surface area contributed by atoms with Crippen LogP contribution in [0.25, 0.3) is 22.5 Å². The molecule has 28 heavy (non-hydrogen) atoms. The second kappa shape index (κ2) is 9.54. The Kier molecular flexibility index (Phi) is 7.38. The van der Waals surface area contributed by atoms with Crippen LogP contribution in [-0.4, -0.2) is 15.0 Å². The summed E-state index contributed by atoms with van der Waals surface area (Å²) in [6.45, 7) is 15.4. The molecule has 3 aromatic rings. The standard InChI is InChI=1S/C20H22N4.2C2H6/c1-4-20(2,3)24-19-15-10-6-5-9-14(15)13-21-17-12-8-7-11-16(17)18(19)22-23-24;2*1-2/h5-12,21H,4,13H2,1-3H3;2*1-2H3. The molecular weight excluding hydrogens is 344 g/mol. The number of benzene rings is 2. The minimum Gasteiger partial charge on any atom is -0.380 e. The van der Waals surface area contributed by atoms with Gasteiger partial charge in [0.2, 0.25) is 0 Å². The topological polar surface area (TPSA) is 42.7 Å². The van der Waals surface area contributed by atoms with Gasteiger partial charge in [-0.15, -0.1) is 5.10 Å². The molecule has 0 fully saturated rings. The second-order valence-electron chi connectivity index (χ2n) is 6.92. The highest BCUT2D eigenvalue weighted by Gasteiger charge is 2.29. The lowest BCUT2D eigenvalue weighted by molar-refractivity contribution is 0.304. The number of nitrogens with zero attached hydrogens (tertiary/aromatic N) is 3. The zero-order valence-electron chi connectivity index (χ0n) is 18.4. The minimum atomic E-state index is -0.0880. The van der Waals surface area contributed by atoms with Gasteiger partial charge in [0.1, 0.15) is 5.69 Å². The SMILES string of the molecule is CC.CC.CCC(C)(C)n1nnc2c1-c1ccccc1CNc1ccccc1-2. The molecule has 1 aliphatic heterocycles. The largest absolute Gasteiger partial charge is 0.380 e. The van der Waals surface area contributed by atoms with E-state index in [9.17, 15) is 0 Å². The number of rotatable bonds is 2. The molecule has 2 aromatic carbocycles. The van der Waals surface area contributed by atoms with Gasteiger partial charge in [0, 0.05) is 23.4 Å². The van der Waals surface area contributed by atoms with Gasteiger partial charge < -0.3 is 5.32 Å². The van der Waals surface area contributed by atoms with Gasteiger partial charge in [-0.05, 0) is 31.9 Å². The molecule has 0 unspecified atom stereocenters. The van der Waals surface area contributed by atoms with E-state index in [0.29, 0.717) is 0 Å². The van der Waals surface area contributed by atoms with E-state index < -0.39 is 0 Å². The number of nitrogens with one attached hydrogen (secondary N) is 1. The Morgan fingerprint density at radius 2 is 1.54 bits per heavy atom. The van der Waals surface area contributed by atoms with E-state index in [2.05, 4.69) is 89.6 Å². The number of hydrogen-bond donors (Lipinski definition) is 1. The van der Waals surface area contributed by atoms with E-state index >= 15 is 0 Å². The van der Waals surface area contributed by atoms with Crippen molar-refractivity contribution < 1.29 is 0 Å². The lowest BCUT2D eigenvalue weighted by Gasteiger charge is -2.27. The Labute approximate surface area is 170 Å². The van der Waals surface area contributed by atoms with Gasteiger partial charge in [-0.25, -0.2) is 4.68 Å². The van der Waals surface area contributed by atoms with Crippen LogP contribution in [0.3, 0.4) is 0 Å². The Balaban J connectivity index is 0.000000660. The third-order valence-electron chi connectivity index (χ3n) is 5.03. The van der Waals surface area contributed by atoms with Crippen LogP contribution in [0.2, 0.25) is 0 Å². The van der Waals surface area contributed by atoms with Gasteiger partial charge in [-0.3, -0.25) is 0 Å². The number of aromatic nitrogens is 3. The lowest BCUT2D eigenvalue weighted by Crippen LogP contribution is -2.27. The van der Waals surface area contributed by atoms with Crippen molar-refractivity contribution in [3.63, 3.8) is 0 Å². The average Bonchev–Trinajstić information content (AvgIpc) is 3.19. The van der Waals surface area contributed by atoms with Crippen LogP contribution < -0.4 is 5.32 Å². The molecule has 0 atom stereocenters. The summed E-state index contributed by atoms with van der Waals surface area (Å²) in [4.78, 5) is 0. The molecule has 4 heteroatoms. The predicted octanol–water partition coefficient (Wildman–Crippen LogP) is 6.74. The third kappa shape index (κ3) is 3.96. The van der Waals surface area contributed by atoms with Crippen LogP contribution in [0, 0.1) is 0 Å². The fourth-order valence-electron chi connectivity index (χ4n) is 3.22. The average molecular weight is 379 g/mol. The summed E-state index contributed by atoms with van der Waals surface area (Å²) in [5, 5.41) is 12.7. The summed E-state index contributed by atoms with van der Waals surface area (Å²) < 4.78 is 2.10. The van der Waals surface area contributed by atoms with Gasteiger partial charge in [0.05, 0.1) is 11.2 Å². The third-order valence-corrected chi connectivity index (χ3v) is 5.03. The highest BCUT2D eigenvalue weighted by atomic mass is 15.5. The molecule has 1 aromatic heterocycles. The molecule has 2 heterocycles. The number of hydrogen-bond acceptors (Lipinski definition) is 3. The molecule has 150 valence electrons. The molecule has 4 nitrogen and oxygen atoms in total. The van der Waals surface area contributed by atoms with E-state index in [4.69, 9.17) is 0 Å². The van der Waals surface area contributed by atoms with Crippen molar-refractivity contribution >= 4 is 5.69 Å². The van der Waals surface area contributed by atoms with E-state index in [-0.39, 0.29) is 5.54 Å². The van der Waals surface area contributed by atoms with Crippen molar-refractivity contribution in [2.75, 3.05) is 5.32 Å². The Morgan fingerprint density at radius 3 is 2.21 bits per heavy atom. The molecule has 0 bridgehead atoms. The highest BCUT2D eigenvalue weighted by Crippen LogP contribution is 2.40. The van der Waals surface area contributed by atoms with Crippen LogP contribution in [0.15, 0.2) is 48.5 Å². The van der Waals surface area contributed by atoms with Crippen LogP contribution in [0.5, 0.6) is 0 Å². The molecule has 0 radical (unpaired) electrons. The molecule has 0 aliphatic carbocycles. The first-order valence-corrected chi connectivity index (χ1v) is 10.5. The first-order chi connectivity index (χ1) is 13.6. The summed E-state index contributed by atoms with van der Waals surface area (Å²) in [7, 11) is 0. The molecule has 1 N–H and O–H groups in total. The Morgan fingerprint density at radius 1 is 0.929 bits per heavy atom. The van der Waals surface area contributed by atoms with Gasteiger partial charge in [-0.2, -0.15) is 0 Å². The van der Waals surface area contributed by atoms with E-state index in [1.165, 1.54) is 11.1 Å². The fraction of sp³-hybridized carbons (Fsp3) is 0.417. The first-order valence-electron chi connectivity index (χ1n) is 10.5. The number of fused-ring (bicyclic) bond motifs is 5. The number of para-hydroxylation sites is 1. The zero-order valence-corrected chi connectivity index (χ0v) is 18.4. The summed E-state index contributed by atoms with van der Waals surface area (Å²) >= 11 is 0. The van der Waals surface area contributed by atoms with E-state index in [1.807, 2.05) is 27.7 Å². The second-order valence-corrected chi connectivity index (χ2v) is 6.92. The zero-order chi connectivity index (χ0) is 20.7. The molecule has 0 saturated heterocycles. The van der Waals surface area contributed by atoms with Crippen LogP contribution in [0.4, 0.5) is 5.69 Å². The summed E-state index contributed by atoms with van der Waals surface area (Å²) in [6.07, 6.45) is 0.991. The van der Waals surface area contributed by atoms with Crippen LogP contribution in [0.1, 0.15) is 60.5 Å². The lowest BCUT2D eigenvalue weighted by atomic mass is 9.94. The minimum absolute atomic E-state index is 0.0880. The van der Waals surface area contributed by atoms with Crippen molar-refractivity contribution in [3.8, 4) is 22.5 Å².